The van der Waals surface area contributed by atoms with Crippen LogP contribution in [0.1, 0.15) is 25.7 Å². The summed E-state index contributed by atoms with van der Waals surface area (Å²) in [4.78, 5) is 0. The van der Waals surface area contributed by atoms with Gasteiger partial charge in [-0.2, -0.15) is 0 Å². The molecule has 4 rings (SSSR count). The molecule has 0 spiro atoms. The Bertz CT molecular complexity index is 687. The van der Waals surface area contributed by atoms with E-state index in [9.17, 15) is 0 Å². The summed E-state index contributed by atoms with van der Waals surface area (Å²) in [5, 5.41) is 0. The van der Waals surface area contributed by atoms with E-state index in [0.717, 1.165) is 0 Å². The topological polar surface area (TPSA) is 0 Å². The predicted molar refractivity (Wildman–Crippen MR) is 125 cm³/mol. The number of halogens is 2. The van der Waals surface area contributed by atoms with Crippen molar-refractivity contribution in [1.82, 2.24) is 0 Å². The van der Waals surface area contributed by atoms with Crippen LogP contribution >= 0.6 is 0 Å². The average molecular weight is 807 g/mol. The standard InChI is InChI=1S/4C5H5.2C2H7Si.2ClH.2Hf/c4*1-2-4-5-3-1;2*1-3-2;;;;/h4*1-3H,4H2;2*3H,1-2H3;2*1H;;/q;;;;;;;;2*+1/p-2. The Morgan fingerprint density at radius 1 is 0.500 bits per heavy atom. The molecule has 0 aromatic heterocycles. The fourth-order valence-electron chi connectivity index (χ4n) is 4.48. The summed E-state index contributed by atoms with van der Waals surface area (Å²) < 4.78 is 7.47. The fourth-order valence-corrected chi connectivity index (χ4v) is 58.2. The molecule has 0 fully saturated rings. The van der Waals surface area contributed by atoms with Gasteiger partial charge in [0.15, 0.2) is 0 Å². The molecule has 0 nitrogen and oxygen atoms in total. The number of rotatable bonds is 6. The molecular weight excluding hydrogens is 772 g/mol. The summed E-state index contributed by atoms with van der Waals surface area (Å²) in [5.41, 5.74) is 0. The van der Waals surface area contributed by atoms with Crippen molar-refractivity contribution in [3.63, 3.8) is 0 Å². The Morgan fingerprint density at radius 2 is 0.733 bits per heavy atom. The van der Waals surface area contributed by atoms with Crippen molar-refractivity contribution in [2.45, 2.75) is 51.9 Å². The van der Waals surface area contributed by atoms with Gasteiger partial charge < -0.3 is 24.8 Å². The minimum Gasteiger partial charge on any atom is -1.00 e. The van der Waals surface area contributed by atoms with Gasteiger partial charge in [0.05, 0.1) is 0 Å². The first-order valence-electron chi connectivity index (χ1n) is 10.8. The SMILES string of the molecule is C[SiH](C)[Hf+]([C]1=CC=CC1)[C]1=CC=CC1.C[SiH](C)[Hf+]([C]1=CC=CC1)[C]1=CC=CC1.[Cl-].[Cl-]. The quantitative estimate of drug-likeness (QED) is 0.345. The van der Waals surface area contributed by atoms with Crippen LogP contribution in [0.2, 0.25) is 26.2 Å². The van der Waals surface area contributed by atoms with Crippen LogP contribution in [0.15, 0.2) is 86.2 Å². The molecule has 0 N–H and O–H groups in total. The molecule has 160 valence electrons. The summed E-state index contributed by atoms with van der Waals surface area (Å²) in [7, 11) is 0. The maximum atomic E-state index is 2.56. The molecule has 30 heavy (non-hydrogen) atoms. The van der Waals surface area contributed by atoms with Gasteiger partial charge in [0, 0.05) is 0 Å². The summed E-state index contributed by atoms with van der Waals surface area (Å²) in [6.45, 7) is 10.2. The van der Waals surface area contributed by atoms with Gasteiger partial charge in [-0.15, -0.1) is 0 Å². The van der Waals surface area contributed by atoms with Gasteiger partial charge in [-0.3, -0.25) is 0 Å². The van der Waals surface area contributed by atoms with Crippen molar-refractivity contribution in [2.75, 3.05) is 0 Å². The summed E-state index contributed by atoms with van der Waals surface area (Å²) >= 11 is -2.93. The van der Waals surface area contributed by atoms with E-state index < -0.39 is 53.2 Å². The van der Waals surface area contributed by atoms with Crippen LogP contribution in [0, 0.1) is 0 Å². The largest absolute Gasteiger partial charge is 1.00 e. The Morgan fingerprint density at radius 3 is 0.867 bits per heavy atom. The molecule has 4 aliphatic carbocycles. The first kappa shape index (κ1) is 28.7. The van der Waals surface area contributed by atoms with Gasteiger partial charge in [-0.05, 0) is 0 Å². The molecule has 0 amide bonds. The minimum atomic E-state index is -1.47. The van der Waals surface area contributed by atoms with Gasteiger partial charge in [-0.1, -0.05) is 0 Å². The van der Waals surface area contributed by atoms with E-state index in [1.807, 2.05) is 13.3 Å². The zero-order valence-corrected chi connectivity index (χ0v) is 29.7. The van der Waals surface area contributed by atoms with Crippen LogP contribution in [0.3, 0.4) is 0 Å². The van der Waals surface area contributed by atoms with Crippen LogP contribution in [0.25, 0.3) is 0 Å². The summed E-state index contributed by atoms with van der Waals surface area (Å²) in [5.74, 6) is -0.791. The van der Waals surface area contributed by atoms with Crippen molar-refractivity contribution in [3.8, 4) is 0 Å². The fraction of sp³-hybridized carbons (Fsp3) is 0.333. The van der Waals surface area contributed by atoms with Crippen LogP contribution in [0.5, 0.6) is 0 Å². The second kappa shape index (κ2) is 14.7. The minimum absolute atomic E-state index is 0. The van der Waals surface area contributed by atoms with Crippen LogP contribution < -0.4 is 24.8 Å². The van der Waals surface area contributed by atoms with Gasteiger partial charge in [0.2, 0.25) is 0 Å². The van der Waals surface area contributed by atoms with Gasteiger partial charge in [0.25, 0.3) is 0 Å². The molecule has 4 aliphatic rings. The normalized spacial score (nSPS) is 17.8. The third-order valence-electron chi connectivity index (χ3n) is 5.62. The second-order valence-corrected chi connectivity index (χ2v) is 62.6. The van der Waals surface area contributed by atoms with Crippen molar-refractivity contribution >= 4 is 12.0 Å². The molecule has 6 heteroatoms. The Hall–Kier alpha value is 0.674. The van der Waals surface area contributed by atoms with E-state index in [1.165, 1.54) is 25.7 Å². The Balaban J connectivity index is 0.000000281. The predicted octanol–water partition coefficient (Wildman–Crippen LogP) is 0.559. The molecule has 0 saturated heterocycles. The molecule has 0 saturated carbocycles. The van der Waals surface area contributed by atoms with Gasteiger partial charge >= 0.3 is 191 Å². The van der Waals surface area contributed by atoms with E-state index in [4.69, 9.17) is 0 Å². The molecule has 0 aliphatic heterocycles. The molecule has 0 aromatic rings. The van der Waals surface area contributed by atoms with Crippen LogP contribution in [-0.4, -0.2) is 12.0 Å². The molecule has 0 heterocycles. The zero-order valence-electron chi connectivity index (χ0n) is 18.7. The monoisotopic (exact) mass is 808 g/mol. The maximum absolute atomic E-state index is 2.56. The van der Waals surface area contributed by atoms with Gasteiger partial charge in [-0.25, -0.2) is 0 Å². The molecular formula is C24H34Cl2Hf2Si2. The van der Waals surface area contributed by atoms with Crippen molar-refractivity contribution < 1.29 is 66.0 Å². The number of allylic oxidation sites excluding steroid dienone is 16. The summed E-state index contributed by atoms with van der Waals surface area (Å²) in [6.07, 6.45) is 33.2. The molecule has 0 radical (unpaired) electrons. The first-order chi connectivity index (χ1) is 13.6. The van der Waals surface area contributed by atoms with Gasteiger partial charge in [0.1, 0.15) is 0 Å². The van der Waals surface area contributed by atoms with E-state index in [2.05, 4.69) is 99.1 Å². The maximum Gasteiger partial charge on any atom is -1.00 e. The van der Waals surface area contributed by atoms with E-state index in [0.29, 0.717) is 0 Å². The smallest absolute Gasteiger partial charge is 1.00 e. The first-order valence-corrected chi connectivity index (χ1v) is 36.2. The second-order valence-electron chi connectivity index (χ2n) is 8.43. The summed E-state index contributed by atoms with van der Waals surface area (Å²) in [6, 6.07) is 0. The van der Waals surface area contributed by atoms with E-state index in [-0.39, 0.29) is 24.8 Å². The molecule has 0 atom stereocenters. The number of hydrogen-bond acceptors (Lipinski definition) is 0. The van der Waals surface area contributed by atoms with Crippen molar-refractivity contribution in [2.24, 2.45) is 0 Å². The third kappa shape index (κ3) is 7.91. The number of hydrogen-bond donors (Lipinski definition) is 0. The molecule has 0 bridgehead atoms. The Labute approximate surface area is 213 Å². The van der Waals surface area contributed by atoms with Crippen molar-refractivity contribution in [3.05, 3.63) is 86.2 Å². The Kier molecular flexibility index (Phi) is 14.1. The molecule has 0 unspecified atom stereocenters. The average Bonchev–Trinajstić information content (AvgIpc) is 3.46. The van der Waals surface area contributed by atoms with E-state index >= 15 is 0 Å². The van der Waals surface area contributed by atoms with Crippen molar-refractivity contribution in [1.29, 1.82) is 0 Å². The van der Waals surface area contributed by atoms with Crippen LogP contribution in [0.4, 0.5) is 0 Å². The van der Waals surface area contributed by atoms with Crippen LogP contribution in [-0.2, 0) is 41.2 Å². The van der Waals surface area contributed by atoms with E-state index in [1.54, 1.807) is 0 Å². The zero-order chi connectivity index (χ0) is 19.9. The third-order valence-corrected chi connectivity index (χ3v) is 60.2. The molecule has 0 aromatic carbocycles.